The second kappa shape index (κ2) is 2.26. The Hall–Kier alpha value is -0.960. The number of aryl methyl sites for hydroxylation is 2. The van der Waals surface area contributed by atoms with E-state index in [0.29, 0.717) is 0 Å². The van der Waals surface area contributed by atoms with Crippen molar-refractivity contribution in [3.63, 3.8) is 0 Å². The summed E-state index contributed by atoms with van der Waals surface area (Å²) in [7, 11) is 0. The zero-order valence-corrected chi connectivity index (χ0v) is 7.33. The van der Waals surface area contributed by atoms with Crippen molar-refractivity contribution in [3.05, 3.63) is 23.0 Å². The molecule has 0 amide bonds. The molecule has 1 aliphatic carbocycles. The quantitative estimate of drug-likeness (QED) is 0.675. The van der Waals surface area contributed by atoms with Gasteiger partial charge in [0.2, 0.25) is 0 Å². The van der Waals surface area contributed by atoms with Gasteiger partial charge in [-0.2, -0.15) is 10.2 Å². The molecule has 64 valence electrons. The Bertz CT molecular complexity index is 318. The van der Waals surface area contributed by atoms with Gasteiger partial charge in [-0.25, -0.2) is 0 Å². The van der Waals surface area contributed by atoms with Crippen molar-refractivity contribution >= 4 is 0 Å². The molecule has 3 heteroatoms. The van der Waals surface area contributed by atoms with E-state index in [1.165, 1.54) is 0 Å². The maximum atomic E-state index is 9.84. The maximum absolute atomic E-state index is 9.84. The van der Waals surface area contributed by atoms with Gasteiger partial charge in [-0.1, -0.05) is 0 Å². The monoisotopic (exact) mass is 164 g/mol. The predicted molar refractivity (Wildman–Crippen MR) is 44.6 cm³/mol. The summed E-state index contributed by atoms with van der Waals surface area (Å²) < 4.78 is 0. The first kappa shape index (κ1) is 7.68. The fraction of sp³-hybridized carbons (Fsp3) is 0.556. The average molecular weight is 164 g/mol. The van der Waals surface area contributed by atoms with E-state index in [1.807, 2.05) is 19.9 Å². The summed E-state index contributed by atoms with van der Waals surface area (Å²) in [6.07, 6.45) is 1.72. The van der Waals surface area contributed by atoms with Crippen molar-refractivity contribution in [3.8, 4) is 0 Å². The van der Waals surface area contributed by atoms with Gasteiger partial charge >= 0.3 is 0 Å². The highest BCUT2D eigenvalue weighted by atomic mass is 16.3. The molecule has 0 aromatic carbocycles. The normalized spacial score (nSPS) is 19.2. The Balaban J connectivity index is 2.48. The molecule has 12 heavy (non-hydrogen) atoms. The van der Waals surface area contributed by atoms with Crippen molar-refractivity contribution in [1.82, 2.24) is 10.2 Å². The van der Waals surface area contributed by atoms with Crippen molar-refractivity contribution in [1.29, 1.82) is 0 Å². The van der Waals surface area contributed by atoms with Gasteiger partial charge in [0, 0.05) is 5.56 Å². The number of rotatable bonds is 1. The van der Waals surface area contributed by atoms with Crippen LogP contribution in [0.15, 0.2) is 6.07 Å². The summed E-state index contributed by atoms with van der Waals surface area (Å²) in [5.41, 5.74) is 2.09. The molecule has 1 aromatic rings. The third-order valence-electron chi connectivity index (χ3n) is 2.33. The Kier molecular flexibility index (Phi) is 1.45. The molecule has 1 heterocycles. The molecule has 0 aliphatic heterocycles. The highest BCUT2D eigenvalue weighted by Crippen LogP contribution is 2.45. The number of aliphatic hydroxyl groups is 1. The van der Waals surface area contributed by atoms with E-state index in [2.05, 4.69) is 10.2 Å². The van der Waals surface area contributed by atoms with Crippen LogP contribution in [0.5, 0.6) is 0 Å². The van der Waals surface area contributed by atoms with Gasteiger partial charge in [-0.3, -0.25) is 0 Å². The lowest BCUT2D eigenvalue weighted by Gasteiger charge is -2.10. The smallest absolute Gasteiger partial charge is 0.0917 e. The van der Waals surface area contributed by atoms with Crippen LogP contribution in [0.3, 0.4) is 0 Å². The van der Waals surface area contributed by atoms with Crippen molar-refractivity contribution < 1.29 is 5.11 Å². The van der Waals surface area contributed by atoms with E-state index >= 15 is 0 Å². The maximum Gasteiger partial charge on any atom is 0.0917 e. The van der Waals surface area contributed by atoms with Crippen LogP contribution in [-0.4, -0.2) is 15.3 Å². The highest BCUT2D eigenvalue weighted by Gasteiger charge is 2.43. The van der Waals surface area contributed by atoms with Crippen molar-refractivity contribution in [2.45, 2.75) is 32.3 Å². The van der Waals surface area contributed by atoms with E-state index in [-0.39, 0.29) is 0 Å². The van der Waals surface area contributed by atoms with Crippen LogP contribution in [0.25, 0.3) is 0 Å². The first-order valence-corrected chi connectivity index (χ1v) is 4.16. The van der Waals surface area contributed by atoms with Crippen LogP contribution in [0.4, 0.5) is 0 Å². The summed E-state index contributed by atoms with van der Waals surface area (Å²) in [6, 6.07) is 1.93. The largest absolute Gasteiger partial charge is 0.385 e. The molecule has 0 saturated heterocycles. The zero-order chi connectivity index (χ0) is 8.77. The lowest BCUT2D eigenvalue weighted by molar-refractivity contribution is 0.150. The summed E-state index contributed by atoms with van der Waals surface area (Å²) in [6.45, 7) is 3.78. The minimum atomic E-state index is -0.579. The zero-order valence-electron chi connectivity index (χ0n) is 7.33. The van der Waals surface area contributed by atoms with Gasteiger partial charge < -0.3 is 5.11 Å². The molecule has 1 fully saturated rings. The molecule has 1 N–H and O–H groups in total. The number of hydrogen-bond acceptors (Lipinski definition) is 3. The lowest BCUT2D eigenvalue weighted by atomic mass is 10.1. The van der Waals surface area contributed by atoms with Crippen LogP contribution in [-0.2, 0) is 5.60 Å². The predicted octanol–water partition coefficient (Wildman–Crippen LogP) is 1.07. The summed E-state index contributed by atoms with van der Waals surface area (Å²) >= 11 is 0. The second-order valence-electron chi connectivity index (χ2n) is 3.52. The van der Waals surface area contributed by atoms with E-state index in [1.54, 1.807) is 0 Å². The topological polar surface area (TPSA) is 46.0 Å². The summed E-state index contributed by atoms with van der Waals surface area (Å²) in [5.74, 6) is 0. The number of hydrogen-bond donors (Lipinski definition) is 1. The standard InChI is InChI=1S/C9H12N2O/c1-6-5-8(7(2)11-10-6)9(12)3-4-9/h5,12H,3-4H2,1-2H3. The molecule has 1 aromatic heterocycles. The molecular formula is C9H12N2O. The van der Waals surface area contributed by atoms with E-state index in [4.69, 9.17) is 0 Å². The second-order valence-corrected chi connectivity index (χ2v) is 3.52. The van der Waals surface area contributed by atoms with Crippen molar-refractivity contribution in [2.75, 3.05) is 0 Å². The minimum absolute atomic E-state index is 0.579. The highest BCUT2D eigenvalue weighted by molar-refractivity contribution is 5.30. The van der Waals surface area contributed by atoms with Crippen LogP contribution in [0.1, 0.15) is 29.8 Å². The van der Waals surface area contributed by atoms with Gasteiger partial charge in [0.1, 0.15) is 0 Å². The molecule has 0 atom stereocenters. The van der Waals surface area contributed by atoms with Crippen LogP contribution in [0.2, 0.25) is 0 Å². The number of aromatic nitrogens is 2. The molecule has 0 radical (unpaired) electrons. The van der Waals surface area contributed by atoms with E-state index in [0.717, 1.165) is 29.8 Å². The molecule has 1 aliphatic rings. The van der Waals surface area contributed by atoms with Gasteiger partial charge in [0.05, 0.1) is 17.0 Å². The Labute approximate surface area is 71.5 Å². The first-order chi connectivity index (χ1) is 5.62. The van der Waals surface area contributed by atoms with Crippen LogP contribution >= 0.6 is 0 Å². The van der Waals surface area contributed by atoms with Crippen molar-refractivity contribution in [2.24, 2.45) is 0 Å². The molecule has 2 rings (SSSR count). The Morgan fingerprint density at radius 1 is 1.33 bits per heavy atom. The fourth-order valence-electron chi connectivity index (χ4n) is 1.41. The molecule has 0 bridgehead atoms. The van der Waals surface area contributed by atoms with Gasteiger partial charge in [0.15, 0.2) is 0 Å². The third kappa shape index (κ3) is 1.10. The Morgan fingerprint density at radius 2 is 2.00 bits per heavy atom. The van der Waals surface area contributed by atoms with Crippen LogP contribution in [0, 0.1) is 13.8 Å². The fourth-order valence-corrected chi connectivity index (χ4v) is 1.41. The van der Waals surface area contributed by atoms with E-state index < -0.39 is 5.60 Å². The lowest BCUT2D eigenvalue weighted by Crippen LogP contribution is -2.09. The molecule has 0 spiro atoms. The number of nitrogens with zero attached hydrogens (tertiary/aromatic N) is 2. The van der Waals surface area contributed by atoms with E-state index in [9.17, 15) is 5.11 Å². The minimum Gasteiger partial charge on any atom is -0.385 e. The van der Waals surface area contributed by atoms with Crippen LogP contribution < -0.4 is 0 Å². The van der Waals surface area contributed by atoms with Gasteiger partial charge in [-0.05, 0) is 32.8 Å². The first-order valence-electron chi connectivity index (χ1n) is 4.16. The average Bonchev–Trinajstić information content (AvgIpc) is 2.75. The summed E-state index contributed by atoms with van der Waals surface area (Å²) in [5, 5.41) is 17.7. The Morgan fingerprint density at radius 3 is 2.58 bits per heavy atom. The third-order valence-corrected chi connectivity index (χ3v) is 2.33. The van der Waals surface area contributed by atoms with Gasteiger partial charge in [-0.15, -0.1) is 0 Å². The molecule has 0 unspecified atom stereocenters. The summed E-state index contributed by atoms with van der Waals surface area (Å²) in [4.78, 5) is 0. The SMILES string of the molecule is Cc1cc(C2(O)CC2)c(C)nn1. The molecule has 1 saturated carbocycles. The molecular weight excluding hydrogens is 152 g/mol. The van der Waals surface area contributed by atoms with Gasteiger partial charge in [0.25, 0.3) is 0 Å². The molecule has 3 nitrogen and oxygen atoms in total.